The first-order valence-corrected chi connectivity index (χ1v) is 6.24. The molecular formula is C14H10BrFO3. The van der Waals surface area contributed by atoms with Crippen molar-refractivity contribution in [2.24, 2.45) is 0 Å². The molecule has 2 rings (SSSR count). The molecule has 0 spiro atoms. The van der Waals surface area contributed by atoms with Crippen LogP contribution in [0.1, 0.15) is 15.9 Å². The molecule has 0 unspecified atom stereocenters. The summed E-state index contributed by atoms with van der Waals surface area (Å²) in [5.41, 5.74) is 0.701. The van der Waals surface area contributed by atoms with E-state index in [0.29, 0.717) is 10.0 Å². The molecular weight excluding hydrogens is 315 g/mol. The Morgan fingerprint density at radius 1 is 1.32 bits per heavy atom. The summed E-state index contributed by atoms with van der Waals surface area (Å²) in [6.07, 6.45) is 0. The smallest absolute Gasteiger partial charge is 0.339 e. The van der Waals surface area contributed by atoms with Crippen LogP contribution in [0.15, 0.2) is 40.9 Å². The van der Waals surface area contributed by atoms with E-state index in [1.54, 1.807) is 19.1 Å². The zero-order valence-corrected chi connectivity index (χ0v) is 11.6. The molecule has 0 atom stereocenters. The summed E-state index contributed by atoms with van der Waals surface area (Å²) in [6, 6.07) is 8.79. The molecule has 19 heavy (non-hydrogen) atoms. The SMILES string of the molecule is Cc1cccc(C(=O)O)c1Oc1cc(F)ccc1Br. The molecule has 1 N–H and O–H groups in total. The second-order valence-corrected chi connectivity index (χ2v) is 4.79. The molecule has 5 heteroatoms. The average Bonchev–Trinajstić information content (AvgIpc) is 2.35. The quantitative estimate of drug-likeness (QED) is 0.910. The molecule has 2 aromatic carbocycles. The van der Waals surface area contributed by atoms with Crippen LogP contribution in [-0.2, 0) is 0 Å². The van der Waals surface area contributed by atoms with E-state index in [4.69, 9.17) is 9.84 Å². The molecule has 0 aliphatic heterocycles. The van der Waals surface area contributed by atoms with Gasteiger partial charge in [-0.2, -0.15) is 0 Å². The van der Waals surface area contributed by atoms with Crippen LogP contribution >= 0.6 is 15.9 Å². The van der Waals surface area contributed by atoms with Gasteiger partial charge in [-0.25, -0.2) is 9.18 Å². The second kappa shape index (κ2) is 5.40. The van der Waals surface area contributed by atoms with Gasteiger partial charge in [0, 0.05) is 6.07 Å². The molecule has 0 aliphatic rings. The van der Waals surface area contributed by atoms with Crippen molar-refractivity contribution in [1.82, 2.24) is 0 Å². The predicted octanol–water partition coefficient (Wildman–Crippen LogP) is 4.39. The summed E-state index contributed by atoms with van der Waals surface area (Å²) in [7, 11) is 0. The minimum absolute atomic E-state index is 0.0381. The van der Waals surface area contributed by atoms with Crippen LogP contribution in [0, 0.1) is 12.7 Å². The Morgan fingerprint density at radius 3 is 2.74 bits per heavy atom. The number of benzene rings is 2. The van der Waals surface area contributed by atoms with Gasteiger partial charge in [0.25, 0.3) is 0 Å². The Morgan fingerprint density at radius 2 is 2.05 bits per heavy atom. The van der Waals surface area contributed by atoms with Crippen LogP contribution in [-0.4, -0.2) is 11.1 Å². The largest absolute Gasteiger partial charge is 0.478 e. The van der Waals surface area contributed by atoms with Crippen molar-refractivity contribution in [1.29, 1.82) is 0 Å². The Hall–Kier alpha value is -1.88. The molecule has 0 radical (unpaired) electrons. The first-order valence-electron chi connectivity index (χ1n) is 5.45. The summed E-state index contributed by atoms with van der Waals surface area (Å²) in [5.74, 6) is -1.10. The first-order chi connectivity index (χ1) is 8.99. The van der Waals surface area contributed by atoms with Crippen LogP contribution in [0.4, 0.5) is 4.39 Å². The maximum absolute atomic E-state index is 13.2. The van der Waals surface area contributed by atoms with E-state index in [1.807, 2.05) is 0 Å². The summed E-state index contributed by atoms with van der Waals surface area (Å²) < 4.78 is 19.3. The van der Waals surface area contributed by atoms with Crippen LogP contribution in [0.3, 0.4) is 0 Å². The van der Waals surface area contributed by atoms with E-state index >= 15 is 0 Å². The number of aryl methyl sites for hydroxylation is 1. The molecule has 98 valence electrons. The minimum atomic E-state index is -1.09. The lowest BCUT2D eigenvalue weighted by molar-refractivity contribution is 0.0694. The van der Waals surface area contributed by atoms with Gasteiger partial charge in [0.15, 0.2) is 0 Å². The average molecular weight is 325 g/mol. The van der Waals surface area contributed by atoms with Gasteiger partial charge in [0.05, 0.1) is 4.47 Å². The highest BCUT2D eigenvalue weighted by atomic mass is 79.9. The number of carboxylic acid groups (broad SMARTS) is 1. The molecule has 3 nitrogen and oxygen atoms in total. The number of carbonyl (C=O) groups is 1. The molecule has 2 aromatic rings. The summed E-state index contributed by atoms with van der Waals surface area (Å²) >= 11 is 3.23. The lowest BCUT2D eigenvalue weighted by Crippen LogP contribution is -2.01. The van der Waals surface area contributed by atoms with Crippen molar-refractivity contribution in [3.05, 3.63) is 57.8 Å². The van der Waals surface area contributed by atoms with Gasteiger partial charge in [-0.05, 0) is 46.6 Å². The molecule has 0 aliphatic carbocycles. The third-order valence-electron chi connectivity index (χ3n) is 2.55. The lowest BCUT2D eigenvalue weighted by atomic mass is 10.1. The minimum Gasteiger partial charge on any atom is -0.478 e. The van der Waals surface area contributed by atoms with Crippen LogP contribution in [0.2, 0.25) is 0 Å². The van der Waals surface area contributed by atoms with Crippen molar-refractivity contribution in [3.8, 4) is 11.5 Å². The zero-order chi connectivity index (χ0) is 14.0. The number of hydrogen-bond donors (Lipinski definition) is 1. The summed E-state index contributed by atoms with van der Waals surface area (Å²) in [4.78, 5) is 11.2. The highest BCUT2D eigenvalue weighted by Crippen LogP contribution is 2.34. The maximum Gasteiger partial charge on any atom is 0.339 e. The van der Waals surface area contributed by atoms with Crippen molar-refractivity contribution in [2.45, 2.75) is 6.92 Å². The number of aromatic carboxylic acids is 1. The Kier molecular flexibility index (Phi) is 3.85. The maximum atomic E-state index is 13.2. The third-order valence-corrected chi connectivity index (χ3v) is 3.20. The van der Waals surface area contributed by atoms with Crippen molar-refractivity contribution in [2.75, 3.05) is 0 Å². The summed E-state index contributed by atoms with van der Waals surface area (Å²) in [6.45, 7) is 1.73. The Bertz CT molecular complexity index is 641. The van der Waals surface area contributed by atoms with E-state index in [2.05, 4.69) is 15.9 Å². The number of carboxylic acids is 1. The molecule has 0 amide bonds. The molecule has 0 bridgehead atoms. The van der Waals surface area contributed by atoms with Gasteiger partial charge < -0.3 is 9.84 Å². The standard InChI is InChI=1S/C14H10BrFO3/c1-8-3-2-4-10(14(17)18)13(8)19-12-7-9(16)5-6-11(12)15/h2-7H,1H3,(H,17,18). The van der Waals surface area contributed by atoms with Crippen LogP contribution in [0.25, 0.3) is 0 Å². The summed E-state index contributed by atoms with van der Waals surface area (Å²) in [5, 5.41) is 9.13. The lowest BCUT2D eigenvalue weighted by Gasteiger charge is -2.12. The number of rotatable bonds is 3. The highest BCUT2D eigenvalue weighted by molar-refractivity contribution is 9.10. The van der Waals surface area contributed by atoms with E-state index in [1.165, 1.54) is 24.3 Å². The van der Waals surface area contributed by atoms with E-state index in [0.717, 1.165) is 0 Å². The molecule has 0 saturated carbocycles. The van der Waals surface area contributed by atoms with Gasteiger partial charge in [0.2, 0.25) is 0 Å². The number of hydrogen-bond acceptors (Lipinski definition) is 2. The third kappa shape index (κ3) is 2.93. The fourth-order valence-corrected chi connectivity index (χ4v) is 1.95. The topological polar surface area (TPSA) is 46.5 Å². The highest BCUT2D eigenvalue weighted by Gasteiger charge is 2.15. The normalized spacial score (nSPS) is 10.3. The molecule has 0 saturated heterocycles. The Balaban J connectivity index is 2.49. The van der Waals surface area contributed by atoms with Gasteiger partial charge in [-0.15, -0.1) is 0 Å². The molecule has 0 fully saturated rings. The van der Waals surface area contributed by atoms with Gasteiger partial charge in [0.1, 0.15) is 22.9 Å². The predicted molar refractivity (Wildman–Crippen MR) is 72.3 cm³/mol. The van der Waals surface area contributed by atoms with Crippen LogP contribution < -0.4 is 4.74 Å². The number of para-hydroxylation sites is 1. The van der Waals surface area contributed by atoms with Gasteiger partial charge in [-0.1, -0.05) is 12.1 Å². The van der Waals surface area contributed by atoms with Crippen molar-refractivity contribution in [3.63, 3.8) is 0 Å². The monoisotopic (exact) mass is 324 g/mol. The van der Waals surface area contributed by atoms with Crippen LogP contribution in [0.5, 0.6) is 11.5 Å². The van der Waals surface area contributed by atoms with Crippen molar-refractivity contribution >= 4 is 21.9 Å². The first kappa shape index (κ1) is 13.5. The molecule has 0 aromatic heterocycles. The van der Waals surface area contributed by atoms with Gasteiger partial charge >= 0.3 is 5.97 Å². The molecule has 0 heterocycles. The fourth-order valence-electron chi connectivity index (χ4n) is 1.62. The number of halogens is 2. The fraction of sp³-hybridized carbons (Fsp3) is 0.0714. The Labute approximate surface area is 117 Å². The van der Waals surface area contributed by atoms with E-state index in [-0.39, 0.29) is 17.1 Å². The van der Waals surface area contributed by atoms with E-state index in [9.17, 15) is 9.18 Å². The van der Waals surface area contributed by atoms with E-state index < -0.39 is 11.8 Å². The van der Waals surface area contributed by atoms with Gasteiger partial charge in [-0.3, -0.25) is 0 Å². The van der Waals surface area contributed by atoms with Crippen molar-refractivity contribution < 1.29 is 19.0 Å². The second-order valence-electron chi connectivity index (χ2n) is 3.93. The zero-order valence-electron chi connectivity index (χ0n) is 9.98. The number of ether oxygens (including phenoxy) is 1.